The first-order valence-corrected chi connectivity index (χ1v) is 15.5. The number of aromatic hydroxyl groups is 1. The van der Waals surface area contributed by atoms with E-state index in [1.807, 2.05) is 0 Å². The van der Waals surface area contributed by atoms with Gasteiger partial charge in [0.2, 0.25) is 5.76 Å². The van der Waals surface area contributed by atoms with Gasteiger partial charge >= 0.3 is 11.9 Å². The van der Waals surface area contributed by atoms with Crippen LogP contribution in [0.25, 0.3) is 33.4 Å². The summed E-state index contributed by atoms with van der Waals surface area (Å²) in [5.41, 5.74) is 0.606. The Morgan fingerprint density at radius 1 is 0.857 bits per heavy atom. The standard InChI is InChI=1S/C37H28ClNO10/c38-22-4-1-20(2-5-22)19-37(32(43)18-29(42)36(47)48)11-13-39(14-12-37)34(44)21-3-8-25(28(15-21)35(45)46)33-26-9-6-23(40)16-30(26)49-31-17-24(41)7-10-27(31)33/h1-10,15-18,40,42H,11-14,19H2,(H,45,46)(H,47,48)/b29-18-. The Balaban J connectivity index is 1.34. The molecule has 0 aromatic heterocycles. The topological polar surface area (TPSA) is 183 Å². The molecular weight excluding hydrogens is 654 g/mol. The molecule has 11 nitrogen and oxygen atoms in total. The number of aromatic carboxylic acids is 1. The SMILES string of the molecule is O=C(O)/C(O)=C/C(=O)C1(Cc2ccc(Cl)cc2)CCN(C(=O)c2ccc(-c3c4ccc(=O)cc-4oc4cc(O)ccc34)c(C(=O)O)c2)CC1. The van der Waals surface area contributed by atoms with Gasteiger partial charge in [0.25, 0.3) is 5.91 Å². The van der Waals surface area contributed by atoms with Crippen LogP contribution in [0.1, 0.15) is 39.1 Å². The highest BCUT2D eigenvalue weighted by Gasteiger charge is 2.42. The number of piperidine rings is 1. The second kappa shape index (κ2) is 12.9. The number of fused-ring (bicyclic) bond motifs is 2. The Morgan fingerprint density at radius 3 is 2.22 bits per heavy atom. The third-order valence-electron chi connectivity index (χ3n) is 8.92. The fourth-order valence-corrected chi connectivity index (χ4v) is 6.51. The van der Waals surface area contributed by atoms with Gasteiger partial charge in [0, 0.05) is 63.8 Å². The predicted molar refractivity (Wildman–Crippen MR) is 179 cm³/mol. The van der Waals surface area contributed by atoms with E-state index in [0.717, 1.165) is 5.56 Å². The van der Waals surface area contributed by atoms with Crippen molar-refractivity contribution in [3.05, 3.63) is 123 Å². The molecule has 0 saturated carbocycles. The van der Waals surface area contributed by atoms with Crippen LogP contribution in [0.4, 0.5) is 0 Å². The molecule has 1 amide bonds. The Hall–Kier alpha value is -5.94. The van der Waals surface area contributed by atoms with E-state index in [1.165, 1.54) is 53.4 Å². The van der Waals surface area contributed by atoms with Crippen LogP contribution in [0.5, 0.6) is 5.75 Å². The Morgan fingerprint density at radius 2 is 1.55 bits per heavy atom. The summed E-state index contributed by atoms with van der Waals surface area (Å²) < 4.78 is 5.88. The van der Waals surface area contributed by atoms with Gasteiger partial charge in [-0.25, -0.2) is 9.59 Å². The van der Waals surface area contributed by atoms with Gasteiger partial charge in [0.1, 0.15) is 17.1 Å². The highest BCUT2D eigenvalue weighted by molar-refractivity contribution is 6.30. The summed E-state index contributed by atoms with van der Waals surface area (Å²) in [7, 11) is 0. The zero-order chi connectivity index (χ0) is 35.0. The Bertz CT molecular complexity index is 2210. The summed E-state index contributed by atoms with van der Waals surface area (Å²) in [5, 5.41) is 40.3. The molecule has 0 atom stereocenters. The number of rotatable bonds is 8. The van der Waals surface area contributed by atoms with Crippen LogP contribution in [0.2, 0.25) is 5.02 Å². The van der Waals surface area contributed by atoms with E-state index in [2.05, 4.69) is 0 Å². The van der Waals surface area contributed by atoms with Crippen molar-refractivity contribution >= 4 is 46.2 Å². The summed E-state index contributed by atoms with van der Waals surface area (Å²) in [6.07, 6.45) is 1.21. The van der Waals surface area contributed by atoms with Crippen LogP contribution < -0.4 is 5.43 Å². The lowest BCUT2D eigenvalue weighted by atomic mass is 9.70. The molecular formula is C37H28ClNO10. The Kier molecular flexibility index (Phi) is 8.70. The number of aliphatic hydroxyl groups excluding tert-OH is 1. The molecule has 49 heavy (non-hydrogen) atoms. The monoisotopic (exact) mass is 681 g/mol. The summed E-state index contributed by atoms with van der Waals surface area (Å²) in [4.78, 5) is 64.8. The van der Waals surface area contributed by atoms with Crippen LogP contribution in [0, 0.1) is 5.41 Å². The number of phenols is 1. The maximum absolute atomic E-state index is 13.8. The maximum Gasteiger partial charge on any atom is 0.371 e. The first-order valence-electron chi connectivity index (χ1n) is 15.1. The summed E-state index contributed by atoms with van der Waals surface area (Å²) >= 11 is 6.03. The third-order valence-corrected chi connectivity index (χ3v) is 9.17. The normalized spacial score (nSPS) is 14.6. The lowest BCUT2D eigenvalue weighted by Crippen LogP contribution is -2.47. The van der Waals surface area contributed by atoms with Crippen molar-refractivity contribution in [1.29, 1.82) is 0 Å². The number of carboxylic acid groups (broad SMARTS) is 2. The first-order chi connectivity index (χ1) is 23.3. The number of nitrogens with zero attached hydrogens (tertiary/aromatic N) is 1. The second-order valence-corrected chi connectivity index (χ2v) is 12.4. The van der Waals surface area contributed by atoms with Gasteiger partial charge in [0.05, 0.1) is 5.56 Å². The van der Waals surface area contributed by atoms with Gasteiger partial charge in [0.15, 0.2) is 11.2 Å². The van der Waals surface area contributed by atoms with E-state index in [4.69, 9.17) is 21.1 Å². The fourth-order valence-electron chi connectivity index (χ4n) is 6.38. The molecule has 0 bridgehead atoms. The van der Waals surface area contributed by atoms with Crippen molar-refractivity contribution < 1.29 is 44.0 Å². The molecule has 0 spiro atoms. The minimum atomic E-state index is -1.64. The number of hydrogen-bond donors (Lipinski definition) is 4. The molecule has 2 heterocycles. The smallest absolute Gasteiger partial charge is 0.371 e. The number of carbonyl (C=O) groups excluding carboxylic acids is 2. The summed E-state index contributed by atoms with van der Waals surface area (Å²) in [5.74, 6) is -4.98. The van der Waals surface area contributed by atoms with Crippen molar-refractivity contribution in [3.63, 3.8) is 0 Å². The number of likely N-dealkylation sites (tertiary alicyclic amines) is 1. The van der Waals surface area contributed by atoms with Gasteiger partial charge in [-0.05, 0) is 78.9 Å². The lowest BCUT2D eigenvalue weighted by Gasteiger charge is -2.40. The number of phenolic OH excluding ortho intramolecular Hbond substituents is 1. The van der Waals surface area contributed by atoms with E-state index < -0.39 is 34.8 Å². The average molecular weight is 682 g/mol. The molecule has 12 heteroatoms. The first kappa shape index (κ1) is 33.0. The lowest BCUT2D eigenvalue weighted by molar-refractivity contribution is -0.136. The number of benzene rings is 4. The van der Waals surface area contributed by atoms with Crippen LogP contribution in [-0.4, -0.2) is 62.0 Å². The van der Waals surface area contributed by atoms with Crippen molar-refractivity contribution in [2.45, 2.75) is 19.3 Å². The van der Waals surface area contributed by atoms with Crippen LogP contribution in [-0.2, 0) is 16.0 Å². The predicted octanol–water partition coefficient (Wildman–Crippen LogP) is 6.18. The van der Waals surface area contributed by atoms with Crippen LogP contribution >= 0.6 is 11.6 Å². The van der Waals surface area contributed by atoms with Gasteiger partial charge in [-0.3, -0.25) is 14.4 Å². The molecule has 0 unspecified atom stereocenters. The van der Waals surface area contributed by atoms with Crippen LogP contribution in [0.15, 0.2) is 99.9 Å². The number of halogens is 1. The number of carbonyl (C=O) groups is 4. The quantitative estimate of drug-likeness (QED) is 0.0838. The van der Waals surface area contributed by atoms with Gasteiger partial charge in [-0.15, -0.1) is 0 Å². The number of allylic oxidation sites excluding steroid dienone is 1. The van der Waals surface area contributed by atoms with E-state index in [1.54, 1.807) is 30.3 Å². The molecule has 3 aliphatic rings. The summed E-state index contributed by atoms with van der Waals surface area (Å²) in [6, 6.07) is 19.6. The minimum absolute atomic E-state index is 0.0886. The van der Waals surface area contributed by atoms with Crippen molar-refractivity contribution in [2.75, 3.05) is 13.1 Å². The van der Waals surface area contributed by atoms with Crippen LogP contribution in [0.3, 0.4) is 0 Å². The van der Waals surface area contributed by atoms with E-state index in [9.17, 15) is 39.3 Å². The number of aliphatic hydroxyl groups is 1. The fraction of sp³-hybridized carbons (Fsp3) is 0.162. The number of ketones is 1. The minimum Gasteiger partial charge on any atom is -0.508 e. The molecule has 3 aromatic rings. The molecule has 1 fully saturated rings. The third kappa shape index (κ3) is 6.48. The average Bonchev–Trinajstić information content (AvgIpc) is 3.07. The van der Waals surface area contributed by atoms with Gasteiger partial charge in [-0.1, -0.05) is 29.8 Å². The molecule has 0 radical (unpaired) electrons. The van der Waals surface area contributed by atoms with Crippen molar-refractivity contribution in [1.82, 2.24) is 4.90 Å². The maximum atomic E-state index is 13.8. The highest BCUT2D eigenvalue weighted by Crippen LogP contribution is 2.43. The number of amides is 1. The van der Waals surface area contributed by atoms with E-state index in [-0.39, 0.29) is 71.6 Å². The second-order valence-electron chi connectivity index (χ2n) is 12.0. The summed E-state index contributed by atoms with van der Waals surface area (Å²) in [6.45, 7) is 0.195. The van der Waals surface area contributed by atoms with Gasteiger partial charge < -0.3 is 29.7 Å². The zero-order valence-electron chi connectivity index (χ0n) is 25.7. The molecule has 4 N–H and O–H groups in total. The molecule has 2 aliphatic heterocycles. The molecule has 1 saturated heterocycles. The molecule has 248 valence electrons. The molecule has 6 rings (SSSR count). The number of hydrogen-bond acceptors (Lipinski definition) is 8. The highest BCUT2D eigenvalue weighted by atomic mass is 35.5. The van der Waals surface area contributed by atoms with E-state index >= 15 is 0 Å². The number of carboxylic acids is 2. The Labute approximate surface area is 283 Å². The largest absolute Gasteiger partial charge is 0.508 e. The van der Waals surface area contributed by atoms with E-state index in [0.29, 0.717) is 27.6 Å². The molecule has 1 aliphatic carbocycles. The van der Waals surface area contributed by atoms with Crippen molar-refractivity contribution in [3.8, 4) is 28.2 Å². The molecule has 3 aromatic carbocycles. The van der Waals surface area contributed by atoms with Gasteiger partial charge in [-0.2, -0.15) is 0 Å². The van der Waals surface area contributed by atoms with Crippen molar-refractivity contribution in [2.24, 2.45) is 5.41 Å². The zero-order valence-corrected chi connectivity index (χ0v) is 26.4. The number of aliphatic carboxylic acids is 1.